The number of aliphatic imine (C=N–C) groups is 1. The van der Waals surface area contributed by atoms with E-state index in [1.165, 1.54) is 37.9 Å². The van der Waals surface area contributed by atoms with Gasteiger partial charge in [0.25, 0.3) is 0 Å². The molecule has 1 saturated heterocycles. The molecule has 0 radical (unpaired) electrons. The van der Waals surface area contributed by atoms with Crippen molar-refractivity contribution < 1.29 is 4.42 Å². The monoisotopic (exact) mass is 530 g/mol. The van der Waals surface area contributed by atoms with Gasteiger partial charge < -0.3 is 14.6 Å². The Morgan fingerprint density at radius 1 is 1.38 bits per heavy atom. The lowest BCUT2D eigenvalue weighted by atomic mass is 9.87. The van der Waals surface area contributed by atoms with Gasteiger partial charge in [-0.05, 0) is 31.9 Å². The van der Waals surface area contributed by atoms with Gasteiger partial charge in [-0.15, -0.1) is 24.0 Å². The summed E-state index contributed by atoms with van der Waals surface area (Å²) in [7, 11) is 0. The summed E-state index contributed by atoms with van der Waals surface area (Å²) in [5, 5.41) is 10.7. The molecule has 2 aromatic rings. The molecule has 0 aromatic carbocycles. The van der Waals surface area contributed by atoms with Gasteiger partial charge in [0.05, 0.1) is 6.26 Å². The standard InChI is InChI=1S/C20H30N6OS.HI/c1-2-21-19(26-12-14-28-20(15-26)9-4-3-5-10-20)22-11-8-17-23-18(25-24-17)16-7-6-13-27-16;/h6-7,13H,2-5,8-12,14-15H2,1H3,(H,21,22)(H,23,24,25);1H. The number of guanidine groups is 1. The number of hydrogen-bond donors (Lipinski definition) is 2. The highest BCUT2D eigenvalue weighted by Gasteiger charge is 2.38. The van der Waals surface area contributed by atoms with Crippen molar-refractivity contribution in [1.29, 1.82) is 0 Å². The number of aromatic amines is 1. The Bertz CT molecular complexity index is 766. The molecule has 1 saturated carbocycles. The number of nitrogens with zero attached hydrogens (tertiary/aromatic N) is 4. The molecule has 0 bridgehead atoms. The molecular formula is C20H31IN6OS. The fourth-order valence-electron chi connectivity index (χ4n) is 4.14. The van der Waals surface area contributed by atoms with Crippen molar-refractivity contribution in [3.8, 4) is 11.6 Å². The van der Waals surface area contributed by atoms with E-state index in [9.17, 15) is 0 Å². The van der Waals surface area contributed by atoms with Gasteiger partial charge in [-0.25, -0.2) is 4.98 Å². The molecule has 0 unspecified atom stereocenters. The Morgan fingerprint density at radius 2 is 2.24 bits per heavy atom. The highest BCUT2D eigenvalue weighted by Crippen LogP contribution is 2.42. The van der Waals surface area contributed by atoms with E-state index in [-0.39, 0.29) is 24.0 Å². The van der Waals surface area contributed by atoms with Gasteiger partial charge in [0.2, 0.25) is 5.82 Å². The highest BCUT2D eigenvalue weighted by molar-refractivity contribution is 14.0. The zero-order chi connectivity index (χ0) is 19.2. The normalized spacial score (nSPS) is 19.2. The van der Waals surface area contributed by atoms with Crippen LogP contribution in [0.15, 0.2) is 27.8 Å². The summed E-state index contributed by atoms with van der Waals surface area (Å²) in [5.74, 6) is 4.35. The van der Waals surface area contributed by atoms with Crippen molar-refractivity contribution in [2.24, 2.45) is 4.99 Å². The first-order valence-corrected chi connectivity index (χ1v) is 11.4. The molecule has 1 spiro atoms. The van der Waals surface area contributed by atoms with Crippen LogP contribution in [0.1, 0.15) is 44.9 Å². The molecule has 3 heterocycles. The van der Waals surface area contributed by atoms with Crippen LogP contribution < -0.4 is 5.32 Å². The summed E-state index contributed by atoms with van der Waals surface area (Å²) in [4.78, 5) is 11.9. The van der Waals surface area contributed by atoms with Crippen molar-refractivity contribution >= 4 is 41.7 Å². The largest absolute Gasteiger partial charge is 0.461 e. The molecule has 4 rings (SSSR count). The summed E-state index contributed by atoms with van der Waals surface area (Å²) in [6.45, 7) is 5.90. The highest BCUT2D eigenvalue weighted by atomic mass is 127. The maximum absolute atomic E-state index is 5.35. The molecule has 2 N–H and O–H groups in total. The number of halogens is 1. The second kappa shape index (κ2) is 10.7. The van der Waals surface area contributed by atoms with Gasteiger partial charge in [0.15, 0.2) is 11.7 Å². The minimum absolute atomic E-state index is 0. The van der Waals surface area contributed by atoms with E-state index in [1.54, 1.807) is 6.26 Å². The van der Waals surface area contributed by atoms with Gasteiger partial charge in [-0.1, -0.05) is 19.3 Å². The van der Waals surface area contributed by atoms with Crippen molar-refractivity contribution in [1.82, 2.24) is 25.4 Å². The van der Waals surface area contributed by atoms with Crippen LogP contribution in [0.3, 0.4) is 0 Å². The smallest absolute Gasteiger partial charge is 0.216 e. The van der Waals surface area contributed by atoms with Gasteiger partial charge in [0.1, 0.15) is 5.82 Å². The van der Waals surface area contributed by atoms with Gasteiger partial charge in [-0.3, -0.25) is 10.1 Å². The van der Waals surface area contributed by atoms with Crippen LogP contribution in [0.25, 0.3) is 11.6 Å². The fourth-order valence-corrected chi connectivity index (χ4v) is 5.71. The molecule has 1 aliphatic carbocycles. The first-order chi connectivity index (χ1) is 13.8. The minimum Gasteiger partial charge on any atom is -0.461 e. The van der Waals surface area contributed by atoms with E-state index in [2.05, 4.69) is 44.1 Å². The number of hydrogen-bond acceptors (Lipinski definition) is 5. The zero-order valence-electron chi connectivity index (χ0n) is 17.0. The maximum Gasteiger partial charge on any atom is 0.216 e. The number of H-pyrrole nitrogens is 1. The first-order valence-electron chi connectivity index (χ1n) is 10.4. The van der Waals surface area contributed by atoms with E-state index in [4.69, 9.17) is 9.41 Å². The van der Waals surface area contributed by atoms with Crippen molar-refractivity contribution in [3.05, 3.63) is 24.2 Å². The third-order valence-corrected chi connectivity index (χ3v) is 7.07. The summed E-state index contributed by atoms with van der Waals surface area (Å²) < 4.78 is 5.79. The second-order valence-electron chi connectivity index (χ2n) is 7.58. The molecule has 7 nitrogen and oxygen atoms in total. The summed E-state index contributed by atoms with van der Waals surface area (Å²) >= 11 is 2.19. The lowest BCUT2D eigenvalue weighted by Gasteiger charge is -2.45. The first kappa shape index (κ1) is 22.5. The molecule has 0 amide bonds. The average molecular weight is 530 g/mol. The SMILES string of the molecule is CCNC(=NCCc1nc(-c2ccco2)n[nH]1)N1CCSC2(CCCCC2)C1.I. The molecule has 2 fully saturated rings. The maximum atomic E-state index is 5.35. The third kappa shape index (κ3) is 5.68. The van der Waals surface area contributed by atoms with E-state index >= 15 is 0 Å². The van der Waals surface area contributed by atoms with Crippen LogP contribution in [-0.4, -0.2) is 62.7 Å². The number of thioether (sulfide) groups is 1. The molecule has 160 valence electrons. The van der Waals surface area contributed by atoms with Crippen LogP contribution in [0.2, 0.25) is 0 Å². The van der Waals surface area contributed by atoms with Crippen molar-refractivity contribution in [2.75, 3.05) is 31.9 Å². The second-order valence-corrected chi connectivity index (χ2v) is 9.15. The Balaban J connectivity index is 0.00000240. The average Bonchev–Trinajstić information content (AvgIpc) is 3.40. The van der Waals surface area contributed by atoms with Crippen LogP contribution in [0, 0.1) is 0 Å². The quantitative estimate of drug-likeness (QED) is 0.346. The molecule has 9 heteroatoms. The lowest BCUT2D eigenvalue weighted by molar-refractivity contribution is 0.293. The van der Waals surface area contributed by atoms with E-state index in [0.29, 0.717) is 22.9 Å². The topological polar surface area (TPSA) is 82.3 Å². The predicted molar refractivity (Wildman–Crippen MR) is 129 cm³/mol. The third-order valence-electron chi connectivity index (χ3n) is 5.53. The minimum atomic E-state index is 0. The van der Waals surface area contributed by atoms with E-state index in [1.807, 2.05) is 12.1 Å². The van der Waals surface area contributed by atoms with Crippen LogP contribution >= 0.6 is 35.7 Å². The van der Waals surface area contributed by atoms with Crippen LogP contribution in [-0.2, 0) is 6.42 Å². The summed E-state index contributed by atoms with van der Waals surface area (Å²) in [6, 6.07) is 3.71. The fraction of sp³-hybridized carbons (Fsp3) is 0.650. The Morgan fingerprint density at radius 3 is 3.00 bits per heavy atom. The number of rotatable bonds is 5. The molecule has 2 aliphatic rings. The molecule has 29 heavy (non-hydrogen) atoms. The van der Waals surface area contributed by atoms with Crippen LogP contribution in [0.5, 0.6) is 0 Å². The Kier molecular flexibility index (Phi) is 8.28. The molecule has 1 aliphatic heterocycles. The molecule has 0 atom stereocenters. The van der Waals surface area contributed by atoms with Crippen molar-refractivity contribution in [2.45, 2.75) is 50.2 Å². The van der Waals surface area contributed by atoms with Gasteiger partial charge in [-0.2, -0.15) is 16.9 Å². The van der Waals surface area contributed by atoms with Gasteiger partial charge in [0, 0.05) is 43.1 Å². The predicted octanol–water partition coefficient (Wildman–Crippen LogP) is 3.94. The molecular weight excluding hydrogens is 499 g/mol. The number of nitrogens with one attached hydrogen (secondary N) is 2. The summed E-state index contributed by atoms with van der Waals surface area (Å²) in [5.41, 5.74) is 0. The Hall–Kier alpha value is -1.23. The van der Waals surface area contributed by atoms with Crippen molar-refractivity contribution in [3.63, 3.8) is 0 Å². The molecule has 2 aromatic heterocycles. The lowest BCUT2D eigenvalue weighted by Crippen LogP contribution is -2.53. The number of aromatic nitrogens is 3. The van der Waals surface area contributed by atoms with E-state index in [0.717, 1.165) is 37.8 Å². The zero-order valence-corrected chi connectivity index (χ0v) is 20.2. The number of furan rings is 1. The van der Waals surface area contributed by atoms with Gasteiger partial charge >= 0.3 is 0 Å². The van der Waals surface area contributed by atoms with E-state index < -0.39 is 0 Å². The Labute approximate surface area is 193 Å². The van der Waals surface area contributed by atoms with Crippen LogP contribution in [0.4, 0.5) is 0 Å². The summed E-state index contributed by atoms with van der Waals surface area (Å²) in [6.07, 6.45) is 9.21.